The molecular weight excluding hydrogens is 414 g/mol. The highest BCUT2D eigenvalue weighted by Gasteiger charge is 2.25. The highest BCUT2D eigenvalue weighted by atomic mass is 16.5. The first kappa shape index (κ1) is 24.5. The van der Waals surface area contributed by atoms with Crippen molar-refractivity contribution in [2.24, 2.45) is 5.92 Å². The lowest BCUT2D eigenvalue weighted by molar-refractivity contribution is -0.124. The number of benzene rings is 2. The van der Waals surface area contributed by atoms with Crippen LogP contribution in [0.25, 0.3) is 0 Å². The molecule has 2 aromatic rings. The van der Waals surface area contributed by atoms with Gasteiger partial charge in [0.2, 0.25) is 0 Å². The van der Waals surface area contributed by atoms with Crippen LogP contribution in [0.4, 0.5) is 0 Å². The molecule has 172 valence electrons. The summed E-state index contributed by atoms with van der Waals surface area (Å²) < 4.78 is 15.7. The van der Waals surface area contributed by atoms with Crippen molar-refractivity contribution in [1.82, 2.24) is 16.2 Å². The molecule has 0 saturated carbocycles. The molecule has 0 heterocycles. The van der Waals surface area contributed by atoms with Crippen LogP contribution in [0.3, 0.4) is 0 Å². The molecule has 32 heavy (non-hydrogen) atoms. The van der Waals surface area contributed by atoms with Gasteiger partial charge in [0.1, 0.15) is 11.8 Å². The van der Waals surface area contributed by atoms with E-state index in [1.165, 1.54) is 26.4 Å². The average Bonchev–Trinajstić information content (AvgIpc) is 2.80. The molecule has 0 aliphatic rings. The van der Waals surface area contributed by atoms with Gasteiger partial charge in [-0.1, -0.05) is 13.8 Å². The fraction of sp³-hybridized carbons (Fsp3) is 0.348. The lowest BCUT2D eigenvalue weighted by Crippen LogP contribution is -2.54. The molecule has 3 amide bonds. The topological polar surface area (TPSA) is 115 Å². The molecular formula is C23H29N3O6. The van der Waals surface area contributed by atoms with Gasteiger partial charge in [-0.15, -0.1) is 0 Å². The molecule has 0 unspecified atom stereocenters. The van der Waals surface area contributed by atoms with Crippen molar-refractivity contribution in [3.8, 4) is 17.2 Å². The van der Waals surface area contributed by atoms with E-state index in [0.29, 0.717) is 29.4 Å². The minimum absolute atomic E-state index is 0.223. The van der Waals surface area contributed by atoms with E-state index in [2.05, 4.69) is 16.2 Å². The van der Waals surface area contributed by atoms with Crippen molar-refractivity contribution in [3.63, 3.8) is 0 Å². The quantitative estimate of drug-likeness (QED) is 0.513. The van der Waals surface area contributed by atoms with Gasteiger partial charge in [0, 0.05) is 11.1 Å². The summed E-state index contributed by atoms with van der Waals surface area (Å²) in [5, 5.41) is 2.70. The van der Waals surface area contributed by atoms with Crippen molar-refractivity contribution in [1.29, 1.82) is 0 Å². The van der Waals surface area contributed by atoms with E-state index < -0.39 is 23.8 Å². The van der Waals surface area contributed by atoms with Gasteiger partial charge in [-0.2, -0.15) is 0 Å². The maximum Gasteiger partial charge on any atom is 0.269 e. The maximum atomic E-state index is 12.6. The zero-order chi connectivity index (χ0) is 23.7. The van der Waals surface area contributed by atoms with Crippen LogP contribution < -0.4 is 30.4 Å². The summed E-state index contributed by atoms with van der Waals surface area (Å²) in [6.45, 7) is 5.98. The molecule has 2 aromatic carbocycles. The van der Waals surface area contributed by atoms with Gasteiger partial charge in [0.25, 0.3) is 17.7 Å². The van der Waals surface area contributed by atoms with Gasteiger partial charge < -0.3 is 19.5 Å². The van der Waals surface area contributed by atoms with E-state index in [1.54, 1.807) is 44.2 Å². The van der Waals surface area contributed by atoms with Gasteiger partial charge in [-0.05, 0) is 55.3 Å². The first-order valence-corrected chi connectivity index (χ1v) is 10.2. The molecule has 0 bridgehead atoms. The molecule has 0 aromatic heterocycles. The van der Waals surface area contributed by atoms with Crippen LogP contribution in [0.15, 0.2) is 42.5 Å². The number of carbonyl (C=O) groups excluding carboxylic acids is 3. The van der Waals surface area contributed by atoms with Crippen molar-refractivity contribution in [3.05, 3.63) is 53.6 Å². The Morgan fingerprint density at radius 1 is 0.844 bits per heavy atom. The average molecular weight is 444 g/mol. The van der Waals surface area contributed by atoms with E-state index in [4.69, 9.17) is 14.2 Å². The summed E-state index contributed by atoms with van der Waals surface area (Å²) >= 11 is 0. The SMILES string of the molecule is CCOc1ccc(C(=O)N[C@@H](C(=O)NNC(=O)c2ccc(OC)c(OC)c2)C(C)C)cc1. The zero-order valence-electron chi connectivity index (χ0n) is 18.9. The molecule has 0 saturated heterocycles. The standard InChI is InChI=1S/C23H29N3O6/c1-6-32-17-10-7-15(8-11-17)21(27)24-20(14(2)3)23(29)26-25-22(28)16-9-12-18(30-4)19(13-16)31-5/h7-14,20H,6H2,1-5H3,(H,24,27)(H,25,28)(H,26,29)/t20-/m1/s1. The van der Waals surface area contributed by atoms with Gasteiger partial charge in [0.15, 0.2) is 11.5 Å². The first-order valence-electron chi connectivity index (χ1n) is 10.2. The second-order valence-electron chi connectivity index (χ2n) is 7.17. The second kappa shape index (κ2) is 11.6. The van der Waals surface area contributed by atoms with Gasteiger partial charge in [0.05, 0.1) is 20.8 Å². The number of hydrogen-bond acceptors (Lipinski definition) is 6. The normalized spacial score (nSPS) is 11.3. The third-order valence-corrected chi connectivity index (χ3v) is 4.61. The van der Waals surface area contributed by atoms with Gasteiger partial charge in [-0.25, -0.2) is 0 Å². The number of amides is 3. The maximum absolute atomic E-state index is 12.6. The fourth-order valence-corrected chi connectivity index (χ4v) is 2.87. The smallest absolute Gasteiger partial charge is 0.269 e. The van der Waals surface area contributed by atoms with E-state index in [-0.39, 0.29) is 11.5 Å². The predicted octanol–water partition coefficient (Wildman–Crippen LogP) is 2.32. The Labute approximate surface area is 187 Å². The summed E-state index contributed by atoms with van der Waals surface area (Å²) in [6.07, 6.45) is 0. The Morgan fingerprint density at radius 3 is 2.03 bits per heavy atom. The molecule has 1 atom stereocenters. The lowest BCUT2D eigenvalue weighted by Gasteiger charge is -2.22. The fourth-order valence-electron chi connectivity index (χ4n) is 2.87. The molecule has 0 aliphatic heterocycles. The van der Waals surface area contributed by atoms with Gasteiger partial charge >= 0.3 is 0 Å². The van der Waals surface area contributed by atoms with Crippen molar-refractivity contribution in [2.75, 3.05) is 20.8 Å². The van der Waals surface area contributed by atoms with Crippen LogP contribution in [0.1, 0.15) is 41.5 Å². The largest absolute Gasteiger partial charge is 0.494 e. The Kier molecular flexibility index (Phi) is 8.88. The zero-order valence-corrected chi connectivity index (χ0v) is 18.9. The Balaban J connectivity index is 2.00. The number of nitrogens with one attached hydrogen (secondary N) is 3. The molecule has 0 fully saturated rings. The molecule has 0 aliphatic carbocycles. The summed E-state index contributed by atoms with van der Waals surface area (Å²) in [6, 6.07) is 10.4. The third-order valence-electron chi connectivity index (χ3n) is 4.61. The second-order valence-corrected chi connectivity index (χ2v) is 7.17. The van der Waals surface area contributed by atoms with Crippen LogP contribution in [-0.2, 0) is 4.79 Å². The van der Waals surface area contributed by atoms with E-state index in [0.717, 1.165) is 0 Å². The monoisotopic (exact) mass is 443 g/mol. The van der Waals surface area contributed by atoms with Gasteiger partial charge in [-0.3, -0.25) is 25.2 Å². The van der Waals surface area contributed by atoms with Crippen LogP contribution in [0.5, 0.6) is 17.2 Å². The Morgan fingerprint density at radius 2 is 1.47 bits per heavy atom. The van der Waals surface area contributed by atoms with Crippen LogP contribution >= 0.6 is 0 Å². The molecule has 0 radical (unpaired) electrons. The highest BCUT2D eigenvalue weighted by Crippen LogP contribution is 2.27. The number of hydrogen-bond donors (Lipinski definition) is 3. The van der Waals surface area contributed by atoms with Crippen molar-refractivity contribution < 1.29 is 28.6 Å². The number of methoxy groups -OCH3 is 2. The summed E-state index contributed by atoms with van der Waals surface area (Å²) in [5.41, 5.74) is 5.38. The molecule has 9 nitrogen and oxygen atoms in total. The van der Waals surface area contributed by atoms with Crippen molar-refractivity contribution >= 4 is 17.7 Å². The minimum atomic E-state index is -0.861. The van der Waals surface area contributed by atoms with E-state index in [1.807, 2.05) is 6.92 Å². The van der Waals surface area contributed by atoms with Crippen LogP contribution in [0.2, 0.25) is 0 Å². The van der Waals surface area contributed by atoms with E-state index >= 15 is 0 Å². The number of carbonyl (C=O) groups is 3. The molecule has 0 spiro atoms. The summed E-state index contributed by atoms with van der Waals surface area (Å²) in [7, 11) is 2.95. The highest BCUT2D eigenvalue weighted by molar-refractivity contribution is 5.99. The van der Waals surface area contributed by atoms with Crippen LogP contribution in [-0.4, -0.2) is 44.6 Å². The van der Waals surface area contributed by atoms with Crippen LogP contribution in [0, 0.1) is 5.92 Å². The Hall–Kier alpha value is -3.75. The van der Waals surface area contributed by atoms with Crippen molar-refractivity contribution in [2.45, 2.75) is 26.8 Å². The third kappa shape index (κ3) is 6.37. The molecule has 3 N–H and O–H groups in total. The lowest BCUT2D eigenvalue weighted by atomic mass is 10.0. The first-order chi connectivity index (χ1) is 15.3. The predicted molar refractivity (Wildman–Crippen MR) is 119 cm³/mol. The molecule has 2 rings (SSSR count). The summed E-state index contributed by atoms with van der Waals surface area (Å²) in [5.74, 6) is -0.209. The molecule has 9 heteroatoms. The van der Waals surface area contributed by atoms with E-state index in [9.17, 15) is 14.4 Å². The minimum Gasteiger partial charge on any atom is -0.494 e. The number of ether oxygens (including phenoxy) is 3. The number of hydrazine groups is 1. The Bertz CT molecular complexity index is 943. The summed E-state index contributed by atoms with van der Waals surface area (Å²) in [4.78, 5) is 37.6. The number of rotatable bonds is 9.